The molecule has 1 saturated heterocycles. The summed E-state index contributed by atoms with van der Waals surface area (Å²) in [6, 6.07) is 0.0349. The van der Waals surface area contributed by atoms with Gasteiger partial charge in [0.05, 0.1) is 11.9 Å². The first-order valence-corrected chi connectivity index (χ1v) is 8.43. The molecule has 0 aliphatic carbocycles. The number of aromatic amines is 1. The second-order valence-corrected chi connectivity index (χ2v) is 8.19. The maximum Gasteiger partial charge on any atom is 0.246 e. The molecule has 6 nitrogen and oxygen atoms in total. The number of nitrogens with zero attached hydrogens (tertiary/aromatic N) is 2. The average molecular weight is 300 g/mol. The molecular weight excluding hydrogens is 276 g/mol. The number of sulfonamides is 1. The number of nitrogens with one attached hydrogen (secondary N) is 2. The van der Waals surface area contributed by atoms with Gasteiger partial charge in [-0.2, -0.15) is 9.40 Å². The highest BCUT2D eigenvalue weighted by Crippen LogP contribution is 2.31. The summed E-state index contributed by atoms with van der Waals surface area (Å²) in [5.41, 5.74) is 0.393. The van der Waals surface area contributed by atoms with Gasteiger partial charge in [-0.3, -0.25) is 5.10 Å². The molecule has 0 bridgehead atoms. The van der Waals surface area contributed by atoms with E-state index in [1.165, 1.54) is 6.20 Å². The molecule has 1 aromatic rings. The van der Waals surface area contributed by atoms with Crippen LogP contribution in [-0.2, 0) is 15.4 Å². The fourth-order valence-electron chi connectivity index (χ4n) is 2.70. The van der Waals surface area contributed by atoms with Crippen molar-refractivity contribution < 1.29 is 8.42 Å². The number of hydrogen-bond acceptors (Lipinski definition) is 4. The van der Waals surface area contributed by atoms with Crippen LogP contribution < -0.4 is 5.32 Å². The van der Waals surface area contributed by atoms with Crippen molar-refractivity contribution >= 4 is 10.0 Å². The third-order valence-corrected chi connectivity index (χ3v) is 5.67. The summed E-state index contributed by atoms with van der Waals surface area (Å²) < 4.78 is 27.4. The second-order valence-electron chi connectivity index (χ2n) is 6.33. The first kappa shape index (κ1) is 15.5. The Hall–Kier alpha value is -0.920. The van der Waals surface area contributed by atoms with Crippen molar-refractivity contribution in [3.63, 3.8) is 0 Å². The maximum absolute atomic E-state index is 12.9. The topological polar surface area (TPSA) is 78.1 Å². The summed E-state index contributed by atoms with van der Waals surface area (Å²) in [5, 5.41) is 9.87. The molecular formula is C13H24N4O2S. The lowest BCUT2D eigenvalue weighted by Gasteiger charge is -2.25. The van der Waals surface area contributed by atoms with Crippen LogP contribution >= 0.6 is 0 Å². The molecule has 7 heteroatoms. The van der Waals surface area contributed by atoms with Crippen LogP contribution in [0.4, 0.5) is 0 Å². The van der Waals surface area contributed by atoms with Crippen molar-refractivity contribution in [1.29, 1.82) is 0 Å². The van der Waals surface area contributed by atoms with Gasteiger partial charge in [0.2, 0.25) is 10.0 Å². The lowest BCUT2D eigenvalue weighted by atomic mass is 9.92. The highest BCUT2D eigenvalue weighted by atomic mass is 32.2. The van der Waals surface area contributed by atoms with Crippen molar-refractivity contribution in [3.8, 4) is 0 Å². The Kier molecular flexibility index (Phi) is 4.22. The zero-order valence-electron chi connectivity index (χ0n) is 12.6. The molecule has 114 valence electrons. The summed E-state index contributed by atoms with van der Waals surface area (Å²) in [7, 11) is -1.63. The largest absolute Gasteiger partial charge is 0.318 e. The van der Waals surface area contributed by atoms with Crippen LogP contribution in [0.1, 0.15) is 39.3 Å². The SMILES string of the molecule is CNC[C@H]1CCCN1S(=O)(=O)c1cn[nH]c1C(C)(C)C. The summed E-state index contributed by atoms with van der Waals surface area (Å²) >= 11 is 0. The fourth-order valence-corrected chi connectivity index (χ4v) is 4.69. The van der Waals surface area contributed by atoms with Crippen LogP contribution in [-0.4, -0.2) is 49.1 Å². The molecule has 1 aliphatic rings. The molecule has 2 heterocycles. The van der Waals surface area contributed by atoms with Crippen molar-refractivity contribution in [2.45, 2.75) is 50.0 Å². The van der Waals surface area contributed by atoms with E-state index in [0.29, 0.717) is 23.7 Å². The second kappa shape index (κ2) is 5.46. The van der Waals surface area contributed by atoms with Crippen LogP contribution in [0.15, 0.2) is 11.1 Å². The highest BCUT2D eigenvalue weighted by Gasteiger charge is 2.38. The van der Waals surface area contributed by atoms with E-state index in [0.717, 1.165) is 12.8 Å². The van der Waals surface area contributed by atoms with Gasteiger partial charge in [-0.15, -0.1) is 0 Å². The van der Waals surface area contributed by atoms with Gasteiger partial charge >= 0.3 is 0 Å². The van der Waals surface area contributed by atoms with E-state index >= 15 is 0 Å². The third-order valence-electron chi connectivity index (χ3n) is 3.70. The van der Waals surface area contributed by atoms with Crippen LogP contribution in [0.5, 0.6) is 0 Å². The molecule has 0 spiro atoms. The molecule has 2 N–H and O–H groups in total. The molecule has 2 rings (SSSR count). The van der Waals surface area contributed by atoms with E-state index in [9.17, 15) is 8.42 Å². The first-order valence-electron chi connectivity index (χ1n) is 6.98. The zero-order chi connectivity index (χ0) is 15.0. The van der Waals surface area contributed by atoms with Crippen LogP contribution in [0.2, 0.25) is 0 Å². The number of H-pyrrole nitrogens is 1. The molecule has 1 fully saturated rings. The van der Waals surface area contributed by atoms with Crippen LogP contribution in [0, 0.1) is 0 Å². The van der Waals surface area contributed by atoms with E-state index < -0.39 is 10.0 Å². The van der Waals surface area contributed by atoms with Gasteiger partial charge in [-0.05, 0) is 19.9 Å². The van der Waals surface area contributed by atoms with E-state index in [1.54, 1.807) is 4.31 Å². The average Bonchev–Trinajstić information content (AvgIpc) is 2.96. The zero-order valence-corrected chi connectivity index (χ0v) is 13.4. The molecule has 1 aromatic heterocycles. The summed E-state index contributed by atoms with van der Waals surface area (Å²) in [6.07, 6.45) is 3.25. The maximum atomic E-state index is 12.9. The van der Waals surface area contributed by atoms with Crippen molar-refractivity contribution in [2.75, 3.05) is 20.1 Å². The number of rotatable bonds is 4. The van der Waals surface area contributed by atoms with Gasteiger partial charge in [0.25, 0.3) is 0 Å². The van der Waals surface area contributed by atoms with Crippen molar-refractivity contribution in [1.82, 2.24) is 19.8 Å². The van der Waals surface area contributed by atoms with Crippen LogP contribution in [0.3, 0.4) is 0 Å². The van der Waals surface area contributed by atoms with Gasteiger partial charge in [-0.1, -0.05) is 20.8 Å². The minimum atomic E-state index is -3.48. The summed E-state index contributed by atoms with van der Waals surface area (Å²) in [4.78, 5) is 0.313. The minimum absolute atomic E-state index is 0.0349. The smallest absolute Gasteiger partial charge is 0.246 e. The number of hydrogen-bond donors (Lipinski definition) is 2. The van der Waals surface area contributed by atoms with Gasteiger partial charge in [-0.25, -0.2) is 8.42 Å². The van der Waals surface area contributed by atoms with Crippen LogP contribution in [0.25, 0.3) is 0 Å². The molecule has 1 aliphatic heterocycles. The molecule has 1 atom stereocenters. The monoisotopic (exact) mass is 300 g/mol. The Morgan fingerprint density at radius 1 is 1.50 bits per heavy atom. The number of likely N-dealkylation sites (N-methyl/N-ethyl adjacent to an activating group) is 1. The predicted molar refractivity (Wildman–Crippen MR) is 78.1 cm³/mol. The Bertz CT molecular complexity index is 559. The van der Waals surface area contributed by atoms with E-state index in [-0.39, 0.29) is 11.5 Å². The third kappa shape index (κ3) is 2.75. The minimum Gasteiger partial charge on any atom is -0.318 e. The van der Waals surface area contributed by atoms with Gasteiger partial charge < -0.3 is 5.32 Å². The Morgan fingerprint density at radius 2 is 2.20 bits per heavy atom. The van der Waals surface area contributed by atoms with Gasteiger partial charge in [0.1, 0.15) is 4.90 Å². The quantitative estimate of drug-likeness (QED) is 0.872. The molecule has 0 aromatic carbocycles. The van der Waals surface area contributed by atoms with E-state index in [4.69, 9.17) is 0 Å². The lowest BCUT2D eigenvalue weighted by Crippen LogP contribution is -2.41. The first-order chi connectivity index (χ1) is 9.28. The molecule has 0 saturated carbocycles. The van der Waals surface area contributed by atoms with Gasteiger partial charge in [0, 0.05) is 24.5 Å². The Labute approximate surface area is 121 Å². The fraction of sp³-hybridized carbons (Fsp3) is 0.769. The summed E-state index contributed by atoms with van der Waals surface area (Å²) in [5.74, 6) is 0. The van der Waals surface area contributed by atoms with Crippen molar-refractivity contribution in [3.05, 3.63) is 11.9 Å². The predicted octanol–water partition coefficient (Wildman–Crippen LogP) is 1.08. The summed E-state index contributed by atoms with van der Waals surface area (Å²) in [6.45, 7) is 7.21. The van der Waals surface area contributed by atoms with E-state index in [1.807, 2.05) is 27.8 Å². The van der Waals surface area contributed by atoms with E-state index in [2.05, 4.69) is 15.5 Å². The van der Waals surface area contributed by atoms with Crippen molar-refractivity contribution in [2.24, 2.45) is 0 Å². The Balaban J connectivity index is 2.38. The number of aromatic nitrogens is 2. The molecule has 0 amide bonds. The molecule has 0 unspecified atom stereocenters. The standard InChI is InChI=1S/C13H24N4O2S/c1-13(2,3)12-11(9-15-16-12)20(18,19)17-7-5-6-10(17)8-14-4/h9-10,14H,5-8H2,1-4H3,(H,15,16)/t10-/m1/s1. The molecule has 0 radical (unpaired) electrons. The Morgan fingerprint density at radius 3 is 2.80 bits per heavy atom. The molecule has 20 heavy (non-hydrogen) atoms. The normalized spacial score (nSPS) is 21.5. The van der Waals surface area contributed by atoms with Gasteiger partial charge in [0.15, 0.2) is 0 Å². The highest BCUT2D eigenvalue weighted by molar-refractivity contribution is 7.89. The lowest BCUT2D eigenvalue weighted by molar-refractivity contribution is 0.377.